The second-order valence-corrected chi connectivity index (χ2v) is 5.08. The summed E-state index contributed by atoms with van der Waals surface area (Å²) in [6.45, 7) is 1.38. The number of benzene rings is 2. The minimum Gasteiger partial charge on any atom is -0.366 e. The molecule has 2 rings (SSSR count). The summed E-state index contributed by atoms with van der Waals surface area (Å²) >= 11 is 0. The van der Waals surface area contributed by atoms with Crippen molar-refractivity contribution in [3.63, 3.8) is 0 Å². The van der Waals surface area contributed by atoms with E-state index in [0.29, 0.717) is 11.4 Å². The van der Waals surface area contributed by atoms with Gasteiger partial charge >= 0.3 is 11.8 Å². The van der Waals surface area contributed by atoms with Crippen molar-refractivity contribution in [2.24, 2.45) is 5.73 Å². The van der Waals surface area contributed by atoms with Crippen molar-refractivity contribution in [1.29, 1.82) is 0 Å². The van der Waals surface area contributed by atoms with Crippen molar-refractivity contribution in [3.05, 3.63) is 54.1 Å². The maximum Gasteiger partial charge on any atom is 0.314 e. The Morgan fingerprint density at radius 1 is 0.760 bits per heavy atom. The van der Waals surface area contributed by atoms with Crippen LogP contribution in [0.25, 0.3) is 0 Å². The van der Waals surface area contributed by atoms with Crippen LogP contribution in [-0.4, -0.2) is 23.6 Å². The van der Waals surface area contributed by atoms with Gasteiger partial charge in [-0.05, 0) is 36.4 Å². The number of carbonyl (C=O) groups is 4. The Bertz CT molecular complexity index is 831. The van der Waals surface area contributed by atoms with Crippen molar-refractivity contribution in [1.82, 2.24) is 0 Å². The summed E-state index contributed by atoms with van der Waals surface area (Å²) in [7, 11) is 0. The highest BCUT2D eigenvalue weighted by Crippen LogP contribution is 2.15. The fourth-order valence-electron chi connectivity index (χ4n) is 2.01. The first-order chi connectivity index (χ1) is 11.9. The predicted molar refractivity (Wildman–Crippen MR) is 93.0 cm³/mol. The van der Waals surface area contributed by atoms with Gasteiger partial charge in [-0.1, -0.05) is 12.1 Å². The first-order valence-electron chi connectivity index (χ1n) is 7.25. The van der Waals surface area contributed by atoms with E-state index in [9.17, 15) is 19.2 Å². The number of amides is 4. The summed E-state index contributed by atoms with van der Waals surface area (Å²) in [5.41, 5.74) is 6.40. The number of para-hydroxylation sites is 1. The van der Waals surface area contributed by atoms with Gasteiger partial charge in [0.25, 0.3) is 5.91 Å². The average Bonchev–Trinajstić information content (AvgIpc) is 2.56. The molecule has 0 atom stereocenters. The van der Waals surface area contributed by atoms with E-state index in [2.05, 4.69) is 16.0 Å². The molecule has 0 aliphatic rings. The summed E-state index contributed by atoms with van der Waals surface area (Å²) in [5.74, 6) is -2.79. The van der Waals surface area contributed by atoms with Crippen molar-refractivity contribution < 1.29 is 19.2 Å². The van der Waals surface area contributed by atoms with E-state index in [1.807, 2.05) is 0 Å². The van der Waals surface area contributed by atoms with Crippen LogP contribution in [0.1, 0.15) is 17.3 Å². The standard InChI is InChI=1S/C17H16N4O4/c1-10(22)19-11-6-8-12(9-7-11)20-16(24)17(25)21-14-5-3-2-4-13(14)15(18)23/h2-9H,1H3,(H2,18,23)(H,19,22)(H,20,24)(H,21,25). The first kappa shape index (κ1) is 17.7. The van der Waals surface area contributed by atoms with Gasteiger partial charge in [0.15, 0.2) is 0 Å². The maximum atomic E-state index is 12.0. The number of hydrogen-bond acceptors (Lipinski definition) is 4. The Morgan fingerprint density at radius 2 is 1.28 bits per heavy atom. The normalized spacial score (nSPS) is 9.80. The Hall–Kier alpha value is -3.68. The monoisotopic (exact) mass is 340 g/mol. The molecule has 5 N–H and O–H groups in total. The number of carbonyl (C=O) groups excluding carboxylic acids is 4. The molecule has 0 aromatic heterocycles. The average molecular weight is 340 g/mol. The Morgan fingerprint density at radius 3 is 1.84 bits per heavy atom. The van der Waals surface area contributed by atoms with Gasteiger partial charge in [0.2, 0.25) is 5.91 Å². The van der Waals surface area contributed by atoms with Crippen LogP contribution < -0.4 is 21.7 Å². The molecule has 4 amide bonds. The molecular weight excluding hydrogens is 324 g/mol. The van der Waals surface area contributed by atoms with E-state index in [4.69, 9.17) is 5.73 Å². The summed E-state index contributed by atoms with van der Waals surface area (Å²) < 4.78 is 0. The molecule has 0 saturated heterocycles. The van der Waals surface area contributed by atoms with E-state index in [1.165, 1.54) is 31.2 Å². The van der Waals surface area contributed by atoms with Crippen LogP contribution in [0.2, 0.25) is 0 Å². The van der Waals surface area contributed by atoms with Crippen LogP contribution in [0, 0.1) is 0 Å². The fourth-order valence-corrected chi connectivity index (χ4v) is 2.01. The minimum absolute atomic E-state index is 0.100. The third-order valence-electron chi connectivity index (χ3n) is 3.11. The van der Waals surface area contributed by atoms with Crippen LogP contribution in [0.3, 0.4) is 0 Å². The predicted octanol–water partition coefficient (Wildman–Crippen LogP) is 1.32. The molecule has 0 aliphatic carbocycles. The molecule has 0 aliphatic heterocycles. The molecule has 128 valence electrons. The Labute approximate surface area is 143 Å². The van der Waals surface area contributed by atoms with E-state index in [-0.39, 0.29) is 17.2 Å². The molecule has 0 unspecified atom stereocenters. The van der Waals surface area contributed by atoms with Crippen LogP contribution in [0.5, 0.6) is 0 Å². The van der Waals surface area contributed by atoms with Crippen LogP contribution in [0.4, 0.5) is 17.1 Å². The number of nitrogens with two attached hydrogens (primary N) is 1. The lowest BCUT2D eigenvalue weighted by Crippen LogP contribution is -2.30. The first-order valence-corrected chi connectivity index (χ1v) is 7.25. The van der Waals surface area contributed by atoms with Gasteiger partial charge < -0.3 is 21.7 Å². The molecule has 0 saturated carbocycles. The summed E-state index contributed by atoms with van der Waals surface area (Å²) in [6, 6.07) is 12.3. The number of primary amides is 1. The van der Waals surface area contributed by atoms with Gasteiger partial charge in [-0.15, -0.1) is 0 Å². The Balaban J connectivity index is 2.02. The number of nitrogens with one attached hydrogen (secondary N) is 3. The SMILES string of the molecule is CC(=O)Nc1ccc(NC(=O)C(=O)Nc2ccccc2C(N)=O)cc1. The molecule has 8 heteroatoms. The smallest absolute Gasteiger partial charge is 0.314 e. The summed E-state index contributed by atoms with van der Waals surface area (Å²) in [5, 5.41) is 7.33. The van der Waals surface area contributed by atoms with E-state index in [0.717, 1.165) is 0 Å². The zero-order valence-corrected chi connectivity index (χ0v) is 13.3. The largest absolute Gasteiger partial charge is 0.366 e. The molecule has 25 heavy (non-hydrogen) atoms. The van der Waals surface area contributed by atoms with Crippen molar-refractivity contribution in [2.75, 3.05) is 16.0 Å². The molecular formula is C17H16N4O4. The van der Waals surface area contributed by atoms with Gasteiger partial charge in [-0.3, -0.25) is 19.2 Å². The van der Waals surface area contributed by atoms with Gasteiger partial charge in [-0.25, -0.2) is 0 Å². The molecule has 0 radical (unpaired) electrons. The van der Waals surface area contributed by atoms with Crippen LogP contribution in [-0.2, 0) is 14.4 Å². The van der Waals surface area contributed by atoms with E-state index < -0.39 is 17.7 Å². The van der Waals surface area contributed by atoms with E-state index in [1.54, 1.807) is 24.3 Å². The zero-order valence-electron chi connectivity index (χ0n) is 13.3. The minimum atomic E-state index is -0.945. The summed E-state index contributed by atoms with van der Waals surface area (Å²) in [6.07, 6.45) is 0. The highest BCUT2D eigenvalue weighted by atomic mass is 16.2. The third kappa shape index (κ3) is 4.90. The van der Waals surface area contributed by atoms with Gasteiger partial charge in [0.1, 0.15) is 0 Å². The number of anilines is 3. The second kappa shape index (κ2) is 7.73. The van der Waals surface area contributed by atoms with Gasteiger partial charge in [0.05, 0.1) is 11.3 Å². The third-order valence-corrected chi connectivity index (χ3v) is 3.11. The second-order valence-electron chi connectivity index (χ2n) is 5.08. The number of hydrogen-bond donors (Lipinski definition) is 4. The molecule has 0 bridgehead atoms. The quantitative estimate of drug-likeness (QED) is 0.625. The highest BCUT2D eigenvalue weighted by molar-refractivity contribution is 6.44. The zero-order chi connectivity index (χ0) is 18.4. The molecule has 2 aromatic rings. The highest BCUT2D eigenvalue weighted by Gasteiger charge is 2.17. The summed E-state index contributed by atoms with van der Waals surface area (Å²) in [4.78, 5) is 46.2. The van der Waals surface area contributed by atoms with Crippen molar-refractivity contribution in [3.8, 4) is 0 Å². The van der Waals surface area contributed by atoms with Gasteiger partial charge in [0, 0.05) is 18.3 Å². The van der Waals surface area contributed by atoms with Gasteiger partial charge in [-0.2, -0.15) is 0 Å². The topological polar surface area (TPSA) is 130 Å². The lowest BCUT2D eigenvalue weighted by molar-refractivity contribution is -0.133. The molecule has 0 fully saturated rings. The van der Waals surface area contributed by atoms with Crippen LogP contribution >= 0.6 is 0 Å². The Kier molecular flexibility index (Phi) is 5.47. The number of rotatable bonds is 4. The molecule has 2 aromatic carbocycles. The maximum absolute atomic E-state index is 12.0. The van der Waals surface area contributed by atoms with Crippen molar-refractivity contribution in [2.45, 2.75) is 6.92 Å². The van der Waals surface area contributed by atoms with Crippen molar-refractivity contribution >= 4 is 40.7 Å². The molecule has 0 heterocycles. The lowest BCUT2D eigenvalue weighted by Gasteiger charge is -2.09. The lowest BCUT2D eigenvalue weighted by atomic mass is 10.1. The van der Waals surface area contributed by atoms with E-state index >= 15 is 0 Å². The molecule has 0 spiro atoms. The van der Waals surface area contributed by atoms with Crippen LogP contribution in [0.15, 0.2) is 48.5 Å². The molecule has 8 nitrogen and oxygen atoms in total. The fraction of sp³-hybridized carbons (Fsp3) is 0.0588.